The lowest BCUT2D eigenvalue weighted by molar-refractivity contribution is 0.155. The zero-order valence-electron chi connectivity index (χ0n) is 18.4. The first-order chi connectivity index (χ1) is 15.0. The van der Waals surface area contributed by atoms with E-state index < -0.39 is 10.0 Å². The SMILES string of the molecule is CCn1c(CN2CCn3cccc3[C@H]2C)nc2cc(S(=O)(=O)N3CCCCC3)ccc21. The summed E-state index contributed by atoms with van der Waals surface area (Å²) in [7, 11) is -3.46. The van der Waals surface area contributed by atoms with Gasteiger partial charge in [0.1, 0.15) is 5.82 Å². The molecule has 1 aromatic carbocycles. The summed E-state index contributed by atoms with van der Waals surface area (Å²) in [5, 5.41) is 0. The standard InChI is InChI=1S/C23H31N5O2S/c1-3-28-22-10-9-19(31(29,30)27-12-5-4-6-13-27)16-20(22)24-23(28)17-26-15-14-25-11-7-8-21(25)18(26)2/h7-11,16,18H,3-6,12-15,17H2,1-2H3/t18-/m1/s1. The number of benzene rings is 1. The summed E-state index contributed by atoms with van der Waals surface area (Å²) >= 11 is 0. The van der Waals surface area contributed by atoms with Gasteiger partial charge in [-0.25, -0.2) is 13.4 Å². The van der Waals surface area contributed by atoms with E-state index in [4.69, 9.17) is 4.98 Å². The van der Waals surface area contributed by atoms with Crippen LogP contribution in [0.15, 0.2) is 41.4 Å². The Labute approximate surface area is 184 Å². The lowest BCUT2D eigenvalue weighted by atomic mass is 10.1. The van der Waals surface area contributed by atoms with Gasteiger partial charge in [0.15, 0.2) is 0 Å². The molecule has 1 atom stereocenters. The van der Waals surface area contributed by atoms with E-state index in [1.54, 1.807) is 16.4 Å². The molecule has 8 heteroatoms. The van der Waals surface area contributed by atoms with Crippen molar-refractivity contribution in [1.29, 1.82) is 0 Å². The van der Waals surface area contributed by atoms with E-state index in [1.165, 1.54) is 5.69 Å². The molecule has 7 nitrogen and oxygen atoms in total. The highest BCUT2D eigenvalue weighted by Gasteiger charge is 2.28. The maximum absolute atomic E-state index is 13.1. The maximum atomic E-state index is 13.1. The number of piperidine rings is 1. The smallest absolute Gasteiger partial charge is 0.243 e. The number of fused-ring (bicyclic) bond motifs is 2. The van der Waals surface area contributed by atoms with Gasteiger partial charge in [-0.3, -0.25) is 4.90 Å². The van der Waals surface area contributed by atoms with E-state index in [0.29, 0.717) is 24.0 Å². The zero-order valence-corrected chi connectivity index (χ0v) is 19.2. The molecule has 0 unspecified atom stereocenters. The average molecular weight is 442 g/mol. The van der Waals surface area contributed by atoms with Gasteiger partial charge in [0.2, 0.25) is 10.0 Å². The van der Waals surface area contributed by atoms with E-state index >= 15 is 0 Å². The van der Waals surface area contributed by atoms with Gasteiger partial charge in [0.25, 0.3) is 0 Å². The summed E-state index contributed by atoms with van der Waals surface area (Å²) in [6, 6.07) is 10.1. The third-order valence-corrected chi connectivity index (χ3v) is 8.78. The highest BCUT2D eigenvalue weighted by molar-refractivity contribution is 7.89. The van der Waals surface area contributed by atoms with E-state index in [2.05, 4.69) is 46.2 Å². The molecule has 0 amide bonds. The average Bonchev–Trinajstić information content (AvgIpc) is 3.40. The van der Waals surface area contributed by atoms with Crippen LogP contribution < -0.4 is 0 Å². The minimum atomic E-state index is -3.46. The fraction of sp³-hybridized carbons (Fsp3) is 0.522. The van der Waals surface area contributed by atoms with Crippen molar-refractivity contribution in [2.45, 2.75) is 63.7 Å². The second-order valence-corrected chi connectivity index (χ2v) is 10.6. The Hall–Kier alpha value is -2.16. The Morgan fingerprint density at radius 3 is 2.65 bits per heavy atom. The fourth-order valence-electron chi connectivity index (χ4n) is 5.07. The molecule has 3 aromatic rings. The van der Waals surface area contributed by atoms with Gasteiger partial charge in [-0.05, 0) is 57.0 Å². The highest BCUT2D eigenvalue weighted by Crippen LogP contribution is 2.29. The van der Waals surface area contributed by atoms with Gasteiger partial charge in [-0.1, -0.05) is 6.42 Å². The van der Waals surface area contributed by atoms with Crippen LogP contribution in [0.5, 0.6) is 0 Å². The minimum Gasteiger partial charge on any atom is -0.349 e. The van der Waals surface area contributed by atoms with Gasteiger partial charge in [0, 0.05) is 50.7 Å². The first-order valence-corrected chi connectivity index (χ1v) is 12.8. The van der Waals surface area contributed by atoms with E-state index in [0.717, 1.165) is 62.3 Å². The van der Waals surface area contributed by atoms with Crippen molar-refractivity contribution in [2.75, 3.05) is 19.6 Å². The van der Waals surface area contributed by atoms with Crippen LogP contribution >= 0.6 is 0 Å². The topological polar surface area (TPSA) is 63.4 Å². The van der Waals surface area contributed by atoms with Crippen LogP contribution in [0, 0.1) is 0 Å². The third-order valence-electron chi connectivity index (χ3n) is 6.88. The predicted octanol–water partition coefficient (Wildman–Crippen LogP) is 3.61. The molecule has 0 radical (unpaired) electrons. The Morgan fingerprint density at radius 2 is 1.87 bits per heavy atom. The molecule has 5 rings (SSSR count). The van der Waals surface area contributed by atoms with Crippen LogP contribution in [0.25, 0.3) is 11.0 Å². The predicted molar refractivity (Wildman–Crippen MR) is 121 cm³/mol. The van der Waals surface area contributed by atoms with Gasteiger partial charge in [-0.15, -0.1) is 0 Å². The molecule has 166 valence electrons. The molecule has 2 aliphatic rings. The number of hydrogen-bond donors (Lipinski definition) is 0. The highest BCUT2D eigenvalue weighted by atomic mass is 32.2. The molecule has 4 heterocycles. The maximum Gasteiger partial charge on any atom is 0.243 e. The Morgan fingerprint density at radius 1 is 1.06 bits per heavy atom. The summed E-state index contributed by atoms with van der Waals surface area (Å²) in [5.74, 6) is 0.997. The lowest BCUT2D eigenvalue weighted by Crippen LogP contribution is -2.36. The molecule has 0 saturated carbocycles. The van der Waals surface area contributed by atoms with Crippen LogP contribution in [0.2, 0.25) is 0 Å². The molecule has 2 aromatic heterocycles. The van der Waals surface area contributed by atoms with Crippen molar-refractivity contribution >= 4 is 21.1 Å². The van der Waals surface area contributed by atoms with Gasteiger partial charge >= 0.3 is 0 Å². The molecule has 0 N–H and O–H groups in total. The molecule has 1 fully saturated rings. The van der Waals surface area contributed by atoms with Crippen molar-refractivity contribution in [1.82, 2.24) is 23.3 Å². The number of sulfonamides is 1. The van der Waals surface area contributed by atoms with Crippen molar-refractivity contribution in [3.63, 3.8) is 0 Å². The van der Waals surface area contributed by atoms with E-state index in [1.807, 2.05) is 6.07 Å². The Kier molecular flexibility index (Phi) is 5.40. The van der Waals surface area contributed by atoms with Crippen molar-refractivity contribution in [3.8, 4) is 0 Å². The largest absolute Gasteiger partial charge is 0.349 e. The van der Waals surface area contributed by atoms with Crippen molar-refractivity contribution in [3.05, 3.63) is 48.0 Å². The number of imidazole rings is 1. The van der Waals surface area contributed by atoms with Gasteiger partial charge in [-0.2, -0.15) is 4.31 Å². The third kappa shape index (κ3) is 3.60. The lowest BCUT2D eigenvalue weighted by Gasteiger charge is -2.34. The van der Waals surface area contributed by atoms with Gasteiger partial charge in [0.05, 0.1) is 22.5 Å². The summed E-state index contributed by atoms with van der Waals surface area (Å²) in [4.78, 5) is 7.72. The van der Waals surface area contributed by atoms with E-state index in [-0.39, 0.29) is 0 Å². The van der Waals surface area contributed by atoms with Crippen molar-refractivity contribution < 1.29 is 8.42 Å². The fourth-order valence-corrected chi connectivity index (χ4v) is 6.61. The Bertz CT molecular complexity index is 1190. The summed E-state index contributed by atoms with van der Waals surface area (Å²) < 4.78 is 32.4. The van der Waals surface area contributed by atoms with Gasteiger partial charge < -0.3 is 9.13 Å². The summed E-state index contributed by atoms with van der Waals surface area (Å²) in [6.45, 7) is 9.11. The molecule has 0 aliphatic carbocycles. The monoisotopic (exact) mass is 441 g/mol. The number of hydrogen-bond acceptors (Lipinski definition) is 4. The normalized spacial score (nSPS) is 20.9. The van der Waals surface area contributed by atoms with Crippen LogP contribution in [0.4, 0.5) is 0 Å². The number of rotatable bonds is 5. The molecular weight excluding hydrogens is 410 g/mol. The number of aryl methyl sites for hydroxylation is 1. The van der Waals surface area contributed by atoms with Crippen molar-refractivity contribution in [2.24, 2.45) is 0 Å². The Balaban J connectivity index is 1.46. The molecule has 2 aliphatic heterocycles. The molecule has 31 heavy (non-hydrogen) atoms. The quantitative estimate of drug-likeness (QED) is 0.607. The van der Waals surface area contributed by atoms with Crippen LogP contribution in [-0.2, 0) is 29.7 Å². The van der Waals surface area contributed by atoms with Crippen LogP contribution in [0.1, 0.15) is 50.7 Å². The van der Waals surface area contributed by atoms with Crippen LogP contribution in [0.3, 0.4) is 0 Å². The number of nitrogens with zero attached hydrogens (tertiary/aromatic N) is 5. The molecule has 0 spiro atoms. The zero-order chi connectivity index (χ0) is 21.6. The molecule has 1 saturated heterocycles. The van der Waals surface area contributed by atoms with E-state index in [9.17, 15) is 8.42 Å². The van der Waals surface area contributed by atoms with Crippen LogP contribution in [-0.4, -0.2) is 51.4 Å². The molecular formula is C23H31N5O2S. The second kappa shape index (κ2) is 8.07. The second-order valence-electron chi connectivity index (χ2n) is 8.66. The first-order valence-electron chi connectivity index (χ1n) is 11.4. The summed E-state index contributed by atoms with van der Waals surface area (Å²) in [6.07, 6.45) is 5.13. The first kappa shape index (κ1) is 20.7. The molecule has 0 bridgehead atoms. The minimum absolute atomic E-state index is 0.323. The number of aromatic nitrogens is 3. The summed E-state index contributed by atoms with van der Waals surface area (Å²) in [5.41, 5.74) is 3.10.